The van der Waals surface area contributed by atoms with Gasteiger partial charge in [0, 0.05) is 25.2 Å². The second-order valence-electron chi connectivity index (χ2n) is 7.27. The van der Waals surface area contributed by atoms with Crippen LogP contribution in [-0.2, 0) is 5.60 Å². The summed E-state index contributed by atoms with van der Waals surface area (Å²) in [7, 11) is 3.80. The maximum atomic E-state index is 11.6. The van der Waals surface area contributed by atoms with Gasteiger partial charge in [-0.15, -0.1) is 0 Å². The van der Waals surface area contributed by atoms with Crippen LogP contribution < -0.4 is 9.64 Å². The molecule has 1 aliphatic carbocycles. The summed E-state index contributed by atoms with van der Waals surface area (Å²) in [5.74, 6) is 1.01. The van der Waals surface area contributed by atoms with Crippen molar-refractivity contribution in [3.8, 4) is 5.75 Å². The van der Waals surface area contributed by atoms with E-state index in [0.717, 1.165) is 37.1 Å². The van der Waals surface area contributed by atoms with E-state index < -0.39 is 5.60 Å². The fourth-order valence-corrected chi connectivity index (χ4v) is 4.16. The Hall–Kier alpha value is -2.00. The van der Waals surface area contributed by atoms with Gasteiger partial charge >= 0.3 is 0 Å². The zero-order valence-corrected chi connectivity index (χ0v) is 15.5. The molecule has 1 aliphatic rings. The summed E-state index contributed by atoms with van der Waals surface area (Å²) in [6.07, 6.45) is 4.10. The number of aryl methyl sites for hydroxylation is 1. The summed E-state index contributed by atoms with van der Waals surface area (Å²) in [5, 5.41) is 11.6. The second kappa shape index (κ2) is 7.49. The molecule has 2 aromatic rings. The lowest BCUT2D eigenvalue weighted by molar-refractivity contribution is -0.0510. The Labute approximate surface area is 151 Å². The van der Waals surface area contributed by atoms with Gasteiger partial charge in [0.25, 0.3) is 0 Å². The highest BCUT2D eigenvalue weighted by Gasteiger charge is 2.41. The van der Waals surface area contributed by atoms with Crippen molar-refractivity contribution in [3.63, 3.8) is 0 Å². The predicted molar refractivity (Wildman–Crippen MR) is 103 cm³/mol. The average Bonchev–Trinajstić information content (AvgIpc) is 2.64. The maximum absolute atomic E-state index is 11.6. The van der Waals surface area contributed by atoms with Crippen LogP contribution in [0.2, 0.25) is 0 Å². The Kier molecular flexibility index (Phi) is 5.33. The standard InChI is InChI=1S/C22H29NO2/c1-17-9-4-5-13-21(17)23(2)16-19-10-6-7-14-22(19,24)18-11-8-12-20(15-18)25-3/h4-5,8-9,11-13,15,19,24H,6-7,10,14,16H2,1-3H3/t19-,22+/m0/s1. The first-order valence-corrected chi connectivity index (χ1v) is 9.18. The van der Waals surface area contributed by atoms with Crippen molar-refractivity contribution in [2.75, 3.05) is 25.6 Å². The van der Waals surface area contributed by atoms with E-state index in [-0.39, 0.29) is 5.92 Å². The molecule has 1 fully saturated rings. The lowest BCUT2D eigenvalue weighted by atomic mass is 9.71. The minimum Gasteiger partial charge on any atom is -0.497 e. The molecule has 0 bridgehead atoms. The van der Waals surface area contributed by atoms with Crippen molar-refractivity contribution in [2.45, 2.75) is 38.2 Å². The quantitative estimate of drug-likeness (QED) is 0.869. The van der Waals surface area contributed by atoms with Crippen LogP contribution in [0.15, 0.2) is 48.5 Å². The first-order valence-electron chi connectivity index (χ1n) is 9.18. The van der Waals surface area contributed by atoms with Gasteiger partial charge in [0.1, 0.15) is 5.75 Å². The Bertz CT molecular complexity index is 715. The van der Waals surface area contributed by atoms with E-state index in [0.29, 0.717) is 0 Å². The molecule has 134 valence electrons. The average molecular weight is 339 g/mol. The highest BCUT2D eigenvalue weighted by molar-refractivity contribution is 5.52. The molecule has 0 spiro atoms. The Morgan fingerprint density at radius 3 is 2.72 bits per heavy atom. The van der Waals surface area contributed by atoms with E-state index in [1.807, 2.05) is 24.3 Å². The molecular weight excluding hydrogens is 310 g/mol. The summed E-state index contributed by atoms with van der Waals surface area (Å²) < 4.78 is 5.37. The molecule has 0 unspecified atom stereocenters. The van der Waals surface area contributed by atoms with E-state index in [4.69, 9.17) is 4.74 Å². The summed E-state index contributed by atoms with van der Waals surface area (Å²) >= 11 is 0. The SMILES string of the molecule is COc1cccc([C@]2(O)CCCC[C@H]2CN(C)c2ccccc2C)c1. The molecule has 0 radical (unpaired) electrons. The third kappa shape index (κ3) is 3.67. The van der Waals surface area contributed by atoms with Crippen LogP contribution in [0.4, 0.5) is 5.69 Å². The fourth-order valence-electron chi connectivity index (χ4n) is 4.16. The minimum absolute atomic E-state index is 0.206. The number of anilines is 1. The Morgan fingerprint density at radius 2 is 1.96 bits per heavy atom. The third-order valence-electron chi connectivity index (χ3n) is 5.63. The number of para-hydroxylation sites is 1. The molecule has 3 nitrogen and oxygen atoms in total. The van der Waals surface area contributed by atoms with Gasteiger partial charge < -0.3 is 14.7 Å². The lowest BCUT2D eigenvalue weighted by Gasteiger charge is -2.42. The Balaban J connectivity index is 1.86. The summed E-state index contributed by atoms with van der Waals surface area (Å²) in [5.41, 5.74) is 2.70. The van der Waals surface area contributed by atoms with E-state index >= 15 is 0 Å². The fraction of sp³-hybridized carbons (Fsp3) is 0.455. The van der Waals surface area contributed by atoms with Crippen LogP contribution in [0.1, 0.15) is 36.8 Å². The number of nitrogens with zero attached hydrogens (tertiary/aromatic N) is 1. The van der Waals surface area contributed by atoms with Gasteiger partial charge in [-0.1, -0.05) is 43.2 Å². The number of methoxy groups -OCH3 is 1. The van der Waals surface area contributed by atoms with Crippen LogP contribution in [-0.4, -0.2) is 25.8 Å². The maximum Gasteiger partial charge on any atom is 0.119 e. The minimum atomic E-state index is -0.788. The van der Waals surface area contributed by atoms with Crippen molar-refractivity contribution in [1.29, 1.82) is 0 Å². The topological polar surface area (TPSA) is 32.7 Å². The number of hydrogen-bond acceptors (Lipinski definition) is 3. The first kappa shape index (κ1) is 17.8. The first-order chi connectivity index (χ1) is 12.0. The van der Waals surface area contributed by atoms with Gasteiger partial charge in [-0.05, 0) is 49.1 Å². The normalized spacial score (nSPS) is 23.3. The number of rotatable bonds is 5. The van der Waals surface area contributed by atoms with Crippen molar-refractivity contribution < 1.29 is 9.84 Å². The predicted octanol–water partition coefficient (Wildman–Crippen LogP) is 4.52. The molecule has 1 saturated carbocycles. The molecule has 1 N–H and O–H groups in total. The monoisotopic (exact) mass is 339 g/mol. The largest absolute Gasteiger partial charge is 0.497 e. The molecular formula is C22H29NO2. The molecule has 2 atom stereocenters. The molecule has 0 saturated heterocycles. The number of hydrogen-bond donors (Lipinski definition) is 1. The van der Waals surface area contributed by atoms with Crippen molar-refractivity contribution >= 4 is 5.69 Å². The van der Waals surface area contributed by atoms with Gasteiger partial charge in [0.15, 0.2) is 0 Å². The van der Waals surface area contributed by atoms with Crippen LogP contribution in [0.3, 0.4) is 0 Å². The lowest BCUT2D eigenvalue weighted by Crippen LogP contribution is -2.44. The van der Waals surface area contributed by atoms with Gasteiger partial charge in [-0.2, -0.15) is 0 Å². The summed E-state index contributed by atoms with van der Waals surface area (Å²) in [6, 6.07) is 16.4. The summed E-state index contributed by atoms with van der Waals surface area (Å²) in [4.78, 5) is 2.29. The molecule has 0 aromatic heterocycles. The van der Waals surface area contributed by atoms with Crippen LogP contribution in [0, 0.1) is 12.8 Å². The molecule has 3 rings (SSSR count). The molecule has 25 heavy (non-hydrogen) atoms. The number of aliphatic hydroxyl groups is 1. The molecule has 3 heteroatoms. The van der Waals surface area contributed by atoms with Crippen molar-refractivity contribution in [3.05, 3.63) is 59.7 Å². The van der Waals surface area contributed by atoms with Gasteiger partial charge in [-0.25, -0.2) is 0 Å². The highest BCUT2D eigenvalue weighted by Crippen LogP contribution is 2.43. The third-order valence-corrected chi connectivity index (χ3v) is 5.63. The van der Waals surface area contributed by atoms with Crippen LogP contribution >= 0.6 is 0 Å². The van der Waals surface area contributed by atoms with Crippen molar-refractivity contribution in [1.82, 2.24) is 0 Å². The molecule has 0 aliphatic heterocycles. The smallest absolute Gasteiger partial charge is 0.119 e. The highest BCUT2D eigenvalue weighted by atomic mass is 16.5. The number of benzene rings is 2. The second-order valence-corrected chi connectivity index (χ2v) is 7.27. The molecule has 2 aromatic carbocycles. The zero-order chi connectivity index (χ0) is 17.9. The van der Waals surface area contributed by atoms with Crippen molar-refractivity contribution in [2.24, 2.45) is 5.92 Å². The van der Waals surface area contributed by atoms with Crippen LogP contribution in [0.25, 0.3) is 0 Å². The Morgan fingerprint density at radius 1 is 1.16 bits per heavy atom. The van der Waals surface area contributed by atoms with Gasteiger partial charge in [-0.3, -0.25) is 0 Å². The summed E-state index contributed by atoms with van der Waals surface area (Å²) in [6.45, 7) is 2.99. The van der Waals surface area contributed by atoms with Crippen LogP contribution in [0.5, 0.6) is 5.75 Å². The van der Waals surface area contributed by atoms with Gasteiger partial charge in [0.2, 0.25) is 0 Å². The molecule has 0 heterocycles. The van der Waals surface area contributed by atoms with Gasteiger partial charge in [0.05, 0.1) is 12.7 Å². The number of ether oxygens (including phenoxy) is 1. The van der Waals surface area contributed by atoms with E-state index in [1.54, 1.807) is 7.11 Å². The van der Waals surface area contributed by atoms with E-state index in [1.165, 1.54) is 17.7 Å². The molecule has 0 amide bonds. The van der Waals surface area contributed by atoms with E-state index in [9.17, 15) is 5.11 Å². The zero-order valence-electron chi connectivity index (χ0n) is 15.5. The van der Waals surface area contributed by atoms with E-state index in [2.05, 4.69) is 43.1 Å².